The fraction of sp³-hybridized carbons (Fsp3) is 0.389. The molecule has 6 nitrogen and oxygen atoms in total. The van der Waals surface area contributed by atoms with Crippen LogP contribution < -0.4 is 9.64 Å². The summed E-state index contributed by atoms with van der Waals surface area (Å²) in [6, 6.07) is 7.84. The zero-order valence-corrected chi connectivity index (χ0v) is 14.1. The van der Waals surface area contributed by atoms with Gasteiger partial charge in [-0.15, -0.1) is 0 Å². The molecule has 0 radical (unpaired) electrons. The Kier molecular flexibility index (Phi) is 5.35. The lowest BCUT2D eigenvalue weighted by atomic mass is 10.1. The molecule has 1 saturated heterocycles. The van der Waals surface area contributed by atoms with Crippen molar-refractivity contribution in [2.24, 2.45) is 0 Å². The second kappa shape index (κ2) is 7.67. The smallest absolute Gasteiger partial charge is 0.259 e. The van der Waals surface area contributed by atoms with E-state index in [0.717, 1.165) is 0 Å². The van der Waals surface area contributed by atoms with Gasteiger partial charge in [-0.3, -0.25) is 4.79 Å². The van der Waals surface area contributed by atoms with Crippen molar-refractivity contribution in [3.8, 4) is 5.75 Å². The third-order valence-corrected chi connectivity index (χ3v) is 4.04. The number of carbonyl (C=O) groups is 1. The first-order chi connectivity index (χ1) is 12.1. The van der Waals surface area contributed by atoms with Crippen molar-refractivity contribution in [1.82, 2.24) is 0 Å². The molecule has 1 amide bonds. The standard InChI is InChI=1S/C18H20FNO5/c1-12-17(25-9-8-23-12)18(21)20(11-14-4-3-7-24-14)13-5-6-16(22-2)15(19)10-13/h3-7,10,12,17H,8-9,11H2,1-2H3/t12-,17-/m1/s1. The van der Waals surface area contributed by atoms with E-state index in [4.69, 9.17) is 18.6 Å². The first-order valence-corrected chi connectivity index (χ1v) is 8.00. The minimum absolute atomic E-state index is 0.111. The zero-order chi connectivity index (χ0) is 17.8. The van der Waals surface area contributed by atoms with Crippen LogP contribution in [0, 0.1) is 5.82 Å². The number of ether oxygens (including phenoxy) is 3. The van der Waals surface area contributed by atoms with E-state index >= 15 is 0 Å². The van der Waals surface area contributed by atoms with Gasteiger partial charge in [-0.1, -0.05) is 0 Å². The minimum atomic E-state index is -0.756. The average molecular weight is 349 g/mol. The number of carbonyl (C=O) groups excluding carboxylic acids is 1. The van der Waals surface area contributed by atoms with Crippen LogP contribution in [0.15, 0.2) is 41.0 Å². The number of anilines is 1. The second-order valence-corrected chi connectivity index (χ2v) is 5.69. The molecule has 0 aliphatic carbocycles. The number of methoxy groups -OCH3 is 1. The van der Waals surface area contributed by atoms with Crippen molar-refractivity contribution in [3.63, 3.8) is 0 Å². The van der Waals surface area contributed by atoms with E-state index < -0.39 is 11.9 Å². The molecule has 0 bridgehead atoms. The van der Waals surface area contributed by atoms with Crippen LogP contribution >= 0.6 is 0 Å². The van der Waals surface area contributed by atoms with Gasteiger partial charge in [0.1, 0.15) is 5.76 Å². The second-order valence-electron chi connectivity index (χ2n) is 5.69. The fourth-order valence-electron chi connectivity index (χ4n) is 2.74. The van der Waals surface area contributed by atoms with E-state index in [-0.39, 0.29) is 24.3 Å². The Morgan fingerprint density at radius 2 is 2.12 bits per heavy atom. The number of benzene rings is 1. The SMILES string of the molecule is COc1ccc(N(Cc2ccco2)C(=O)[C@@H]2OCCO[C@@H]2C)cc1F. The van der Waals surface area contributed by atoms with Gasteiger partial charge in [0.25, 0.3) is 5.91 Å². The Hall–Kier alpha value is -2.38. The minimum Gasteiger partial charge on any atom is -0.494 e. The Bertz CT molecular complexity index is 718. The molecule has 2 atom stereocenters. The first-order valence-electron chi connectivity index (χ1n) is 8.00. The number of furan rings is 1. The lowest BCUT2D eigenvalue weighted by Crippen LogP contribution is -2.49. The van der Waals surface area contributed by atoms with Crippen LogP contribution in [0.2, 0.25) is 0 Å². The van der Waals surface area contributed by atoms with E-state index in [2.05, 4.69) is 0 Å². The normalized spacial score (nSPS) is 20.3. The highest BCUT2D eigenvalue weighted by atomic mass is 19.1. The summed E-state index contributed by atoms with van der Waals surface area (Å²) in [5.74, 6) is -0.173. The van der Waals surface area contributed by atoms with Gasteiger partial charge < -0.3 is 23.5 Å². The average Bonchev–Trinajstić information content (AvgIpc) is 3.13. The molecule has 1 aromatic heterocycles. The maximum Gasteiger partial charge on any atom is 0.259 e. The molecule has 0 N–H and O–H groups in total. The van der Waals surface area contributed by atoms with Crippen LogP contribution in [-0.4, -0.2) is 38.4 Å². The molecule has 1 aromatic carbocycles. The summed E-state index contributed by atoms with van der Waals surface area (Å²) in [4.78, 5) is 14.5. The van der Waals surface area contributed by atoms with Gasteiger partial charge in [-0.2, -0.15) is 0 Å². The summed E-state index contributed by atoms with van der Waals surface area (Å²) in [7, 11) is 1.39. The summed E-state index contributed by atoms with van der Waals surface area (Å²) < 4.78 is 35.5. The van der Waals surface area contributed by atoms with Gasteiger partial charge >= 0.3 is 0 Å². The van der Waals surface area contributed by atoms with E-state index in [0.29, 0.717) is 24.7 Å². The number of halogens is 1. The van der Waals surface area contributed by atoms with Crippen molar-refractivity contribution in [3.05, 3.63) is 48.2 Å². The topological polar surface area (TPSA) is 61.1 Å². The Balaban J connectivity index is 1.91. The summed E-state index contributed by atoms with van der Waals surface area (Å²) in [6.07, 6.45) is 0.382. The summed E-state index contributed by atoms with van der Waals surface area (Å²) in [5.41, 5.74) is 0.390. The predicted octanol–water partition coefficient (Wildman–Crippen LogP) is 2.76. The molecule has 0 unspecified atom stereocenters. The molecule has 134 valence electrons. The van der Waals surface area contributed by atoms with E-state index in [1.165, 1.54) is 30.4 Å². The highest BCUT2D eigenvalue weighted by Gasteiger charge is 2.34. The monoisotopic (exact) mass is 349 g/mol. The van der Waals surface area contributed by atoms with Crippen molar-refractivity contribution >= 4 is 11.6 Å². The maximum absolute atomic E-state index is 14.1. The fourth-order valence-corrected chi connectivity index (χ4v) is 2.74. The molecule has 0 spiro atoms. The van der Waals surface area contributed by atoms with Crippen molar-refractivity contribution < 1.29 is 27.8 Å². The molecule has 1 aliphatic rings. The van der Waals surface area contributed by atoms with Gasteiger partial charge in [0.05, 0.1) is 39.2 Å². The van der Waals surface area contributed by atoms with E-state index in [1.54, 1.807) is 25.1 Å². The van der Waals surface area contributed by atoms with Crippen LogP contribution in [0.5, 0.6) is 5.75 Å². The van der Waals surface area contributed by atoms with Crippen molar-refractivity contribution in [2.75, 3.05) is 25.2 Å². The number of amides is 1. The van der Waals surface area contributed by atoms with Gasteiger partial charge in [0.2, 0.25) is 0 Å². The highest BCUT2D eigenvalue weighted by molar-refractivity contribution is 5.97. The van der Waals surface area contributed by atoms with Crippen LogP contribution in [0.3, 0.4) is 0 Å². The van der Waals surface area contributed by atoms with E-state index in [1.807, 2.05) is 0 Å². The van der Waals surface area contributed by atoms with Gasteiger partial charge in [-0.25, -0.2) is 4.39 Å². The van der Waals surface area contributed by atoms with Gasteiger partial charge in [-0.05, 0) is 31.2 Å². The molecule has 25 heavy (non-hydrogen) atoms. The van der Waals surface area contributed by atoms with Crippen LogP contribution in [0.1, 0.15) is 12.7 Å². The van der Waals surface area contributed by atoms with Crippen LogP contribution in [-0.2, 0) is 20.8 Å². The third kappa shape index (κ3) is 3.83. The number of nitrogens with zero attached hydrogens (tertiary/aromatic N) is 1. The quantitative estimate of drug-likeness (QED) is 0.831. The molecule has 7 heteroatoms. The predicted molar refractivity (Wildman–Crippen MR) is 88.0 cm³/mol. The maximum atomic E-state index is 14.1. The van der Waals surface area contributed by atoms with Crippen LogP contribution in [0.4, 0.5) is 10.1 Å². The van der Waals surface area contributed by atoms with Crippen molar-refractivity contribution in [1.29, 1.82) is 0 Å². The molecule has 0 saturated carbocycles. The number of hydrogen-bond acceptors (Lipinski definition) is 5. The first kappa shape index (κ1) is 17.4. The van der Waals surface area contributed by atoms with Gasteiger partial charge in [0, 0.05) is 11.8 Å². The Morgan fingerprint density at radius 1 is 1.32 bits per heavy atom. The molecule has 2 heterocycles. The lowest BCUT2D eigenvalue weighted by molar-refractivity contribution is -0.159. The molecular weight excluding hydrogens is 329 g/mol. The lowest BCUT2D eigenvalue weighted by Gasteiger charge is -2.33. The van der Waals surface area contributed by atoms with E-state index in [9.17, 15) is 9.18 Å². The Labute approximate surface area is 145 Å². The summed E-state index contributed by atoms with van der Waals surface area (Å²) >= 11 is 0. The van der Waals surface area contributed by atoms with Gasteiger partial charge in [0.15, 0.2) is 17.7 Å². The summed E-state index contributed by atoms with van der Waals surface area (Å²) in [6.45, 7) is 2.72. The molecule has 3 rings (SSSR count). The third-order valence-electron chi connectivity index (χ3n) is 4.04. The zero-order valence-electron chi connectivity index (χ0n) is 14.1. The Morgan fingerprint density at radius 3 is 2.76 bits per heavy atom. The summed E-state index contributed by atoms with van der Waals surface area (Å²) in [5, 5.41) is 0. The van der Waals surface area contributed by atoms with Crippen LogP contribution in [0.25, 0.3) is 0 Å². The molecule has 1 fully saturated rings. The number of hydrogen-bond donors (Lipinski definition) is 0. The molecular formula is C18H20FNO5. The molecule has 1 aliphatic heterocycles. The van der Waals surface area contributed by atoms with Crippen molar-refractivity contribution in [2.45, 2.75) is 25.7 Å². The number of rotatable bonds is 5. The molecule has 2 aromatic rings. The largest absolute Gasteiger partial charge is 0.494 e. The highest BCUT2D eigenvalue weighted by Crippen LogP contribution is 2.27.